The lowest BCUT2D eigenvalue weighted by molar-refractivity contribution is -0.113. The second kappa shape index (κ2) is 12.2. The Morgan fingerprint density at radius 3 is 2.40 bits per heavy atom. The van der Waals surface area contributed by atoms with Gasteiger partial charge in [0.15, 0.2) is 11.0 Å². The molecule has 0 saturated carbocycles. The van der Waals surface area contributed by atoms with Crippen molar-refractivity contribution < 1.29 is 14.3 Å². The van der Waals surface area contributed by atoms with Crippen LogP contribution in [0.3, 0.4) is 0 Å². The molecule has 2 aromatic carbocycles. The smallest absolute Gasteiger partial charge is 0.251 e. The van der Waals surface area contributed by atoms with Gasteiger partial charge in [-0.1, -0.05) is 49.4 Å². The van der Waals surface area contributed by atoms with Crippen LogP contribution in [0.2, 0.25) is 0 Å². The third-order valence-electron chi connectivity index (χ3n) is 5.31. The molecular formula is C26H31N5O3S. The number of anilines is 1. The van der Waals surface area contributed by atoms with Crippen LogP contribution in [0.15, 0.2) is 66.3 Å². The molecule has 0 saturated heterocycles. The van der Waals surface area contributed by atoms with Gasteiger partial charge in [0.25, 0.3) is 5.91 Å². The highest BCUT2D eigenvalue weighted by Crippen LogP contribution is 2.26. The van der Waals surface area contributed by atoms with Crippen LogP contribution in [0, 0.1) is 12.8 Å². The van der Waals surface area contributed by atoms with E-state index in [1.807, 2.05) is 37.5 Å². The molecule has 1 aromatic heterocycles. The van der Waals surface area contributed by atoms with E-state index in [0.717, 1.165) is 11.3 Å². The maximum Gasteiger partial charge on any atom is 0.251 e. The van der Waals surface area contributed by atoms with Crippen molar-refractivity contribution in [3.8, 4) is 5.75 Å². The zero-order chi connectivity index (χ0) is 25.4. The van der Waals surface area contributed by atoms with E-state index >= 15 is 0 Å². The summed E-state index contributed by atoms with van der Waals surface area (Å²) in [6.07, 6.45) is 1.74. The first-order chi connectivity index (χ1) is 16.8. The number of aromatic nitrogens is 3. The van der Waals surface area contributed by atoms with Crippen LogP contribution in [0.5, 0.6) is 5.75 Å². The van der Waals surface area contributed by atoms with E-state index in [0.29, 0.717) is 28.8 Å². The summed E-state index contributed by atoms with van der Waals surface area (Å²) in [6, 6.07) is 14.2. The molecule has 2 amide bonds. The summed E-state index contributed by atoms with van der Waals surface area (Å²) in [5.74, 6) is 1.22. The van der Waals surface area contributed by atoms with Crippen LogP contribution in [-0.4, -0.2) is 39.4 Å². The minimum Gasteiger partial charge on any atom is -0.497 e. The Kier molecular flexibility index (Phi) is 9.08. The Labute approximate surface area is 210 Å². The SMILES string of the molecule is C=CCn1c(SCC(=O)Nc2ccc(OC)cc2)nnc1[C@H](NC(=O)c1ccc(C)cc1)C(C)C. The summed E-state index contributed by atoms with van der Waals surface area (Å²) in [5.41, 5.74) is 2.36. The number of hydrogen-bond acceptors (Lipinski definition) is 6. The quantitative estimate of drug-likeness (QED) is 0.298. The molecule has 3 rings (SSSR count). The van der Waals surface area contributed by atoms with Gasteiger partial charge < -0.3 is 19.9 Å². The lowest BCUT2D eigenvalue weighted by atomic mass is 10.0. The Balaban J connectivity index is 1.72. The highest BCUT2D eigenvalue weighted by atomic mass is 32.2. The number of carbonyl (C=O) groups is 2. The molecule has 1 heterocycles. The molecule has 8 nitrogen and oxygen atoms in total. The number of hydrogen-bond donors (Lipinski definition) is 2. The fraction of sp³-hybridized carbons (Fsp3) is 0.308. The van der Waals surface area contributed by atoms with Crippen molar-refractivity contribution in [2.75, 3.05) is 18.2 Å². The van der Waals surface area contributed by atoms with Gasteiger partial charge in [-0.15, -0.1) is 16.8 Å². The summed E-state index contributed by atoms with van der Waals surface area (Å²) in [6.45, 7) is 10.3. The molecule has 0 spiro atoms. The van der Waals surface area contributed by atoms with Crippen molar-refractivity contribution in [3.63, 3.8) is 0 Å². The Morgan fingerprint density at radius 2 is 1.80 bits per heavy atom. The minimum atomic E-state index is -0.362. The third-order valence-corrected chi connectivity index (χ3v) is 6.28. The number of carbonyl (C=O) groups excluding carboxylic acids is 2. The van der Waals surface area contributed by atoms with Crippen LogP contribution >= 0.6 is 11.8 Å². The zero-order valence-corrected chi connectivity index (χ0v) is 21.3. The summed E-state index contributed by atoms with van der Waals surface area (Å²) < 4.78 is 7.03. The number of nitrogens with one attached hydrogen (secondary N) is 2. The molecule has 2 N–H and O–H groups in total. The fourth-order valence-electron chi connectivity index (χ4n) is 3.40. The third kappa shape index (κ3) is 6.95. The van der Waals surface area contributed by atoms with E-state index in [4.69, 9.17) is 4.74 Å². The summed E-state index contributed by atoms with van der Waals surface area (Å²) in [5, 5.41) is 15.2. The van der Waals surface area contributed by atoms with Crippen molar-refractivity contribution >= 4 is 29.3 Å². The van der Waals surface area contributed by atoms with Gasteiger partial charge in [-0.2, -0.15) is 0 Å². The average molecular weight is 494 g/mol. The molecule has 0 aliphatic heterocycles. The predicted molar refractivity (Wildman–Crippen MR) is 139 cm³/mol. The zero-order valence-electron chi connectivity index (χ0n) is 20.4. The van der Waals surface area contributed by atoms with Gasteiger partial charge in [0.05, 0.1) is 18.9 Å². The van der Waals surface area contributed by atoms with Crippen molar-refractivity contribution in [1.29, 1.82) is 0 Å². The first-order valence-electron chi connectivity index (χ1n) is 11.3. The molecule has 0 radical (unpaired) electrons. The molecule has 3 aromatic rings. The van der Waals surface area contributed by atoms with Crippen LogP contribution < -0.4 is 15.4 Å². The molecule has 35 heavy (non-hydrogen) atoms. The molecule has 0 bridgehead atoms. The monoisotopic (exact) mass is 493 g/mol. The molecule has 0 fully saturated rings. The van der Waals surface area contributed by atoms with Crippen molar-refractivity contribution in [2.24, 2.45) is 5.92 Å². The first kappa shape index (κ1) is 26.0. The summed E-state index contributed by atoms with van der Waals surface area (Å²) in [7, 11) is 1.59. The highest BCUT2D eigenvalue weighted by Gasteiger charge is 2.26. The van der Waals surface area contributed by atoms with Crippen LogP contribution in [0.1, 0.15) is 41.6 Å². The number of aryl methyl sites for hydroxylation is 1. The Morgan fingerprint density at radius 1 is 1.11 bits per heavy atom. The van der Waals surface area contributed by atoms with E-state index in [2.05, 4.69) is 27.4 Å². The van der Waals surface area contributed by atoms with Crippen molar-refractivity contribution in [1.82, 2.24) is 20.1 Å². The Bertz CT molecular complexity index is 1160. The van der Waals surface area contributed by atoms with E-state index < -0.39 is 0 Å². The first-order valence-corrected chi connectivity index (χ1v) is 12.3. The van der Waals surface area contributed by atoms with Crippen molar-refractivity contribution in [3.05, 3.63) is 78.1 Å². The molecule has 184 valence electrons. The molecule has 9 heteroatoms. The van der Waals surface area contributed by atoms with Gasteiger partial charge in [0.2, 0.25) is 5.91 Å². The van der Waals surface area contributed by atoms with Gasteiger partial charge >= 0.3 is 0 Å². The number of allylic oxidation sites excluding steroid dienone is 1. The second-order valence-electron chi connectivity index (χ2n) is 8.37. The average Bonchev–Trinajstić information content (AvgIpc) is 3.24. The largest absolute Gasteiger partial charge is 0.497 e. The summed E-state index contributed by atoms with van der Waals surface area (Å²) in [4.78, 5) is 25.4. The van der Waals surface area contributed by atoms with E-state index in [1.165, 1.54) is 11.8 Å². The molecule has 0 aliphatic carbocycles. The molecular weight excluding hydrogens is 462 g/mol. The van der Waals surface area contributed by atoms with E-state index in [9.17, 15) is 9.59 Å². The van der Waals surface area contributed by atoms with Gasteiger partial charge in [-0.25, -0.2) is 0 Å². The van der Waals surface area contributed by atoms with E-state index in [-0.39, 0.29) is 29.5 Å². The van der Waals surface area contributed by atoms with Crippen molar-refractivity contribution in [2.45, 2.75) is 38.5 Å². The molecule has 0 aliphatic rings. The number of methoxy groups -OCH3 is 1. The lowest BCUT2D eigenvalue weighted by Gasteiger charge is -2.22. The van der Waals surface area contributed by atoms with E-state index in [1.54, 1.807) is 49.6 Å². The van der Waals surface area contributed by atoms with Gasteiger partial charge in [0.1, 0.15) is 5.75 Å². The highest BCUT2D eigenvalue weighted by molar-refractivity contribution is 7.99. The minimum absolute atomic E-state index is 0.0633. The predicted octanol–water partition coefficient (Wildman–Crippen LogP) is 4.64. The number of amides is 2. The van der Waals surface area contributed by atoms with Crippen LogP contribution in [0.4, 0.5) is 5.69 Å². The van der Waals surface area contributed by atoms with Gasteiger partial charge in [0, 0.05) is 17.8 Å². The fourth-order valence-corrected chi connectivity index (χ4v) is 4.15. The number of thioether (sulfide) groups is 1. The number of rotatable bonds is 11. The van der Waals surface area contributed by atoms with Crippen LogP contribution in [0.25, 0.3) is 0 Å². The van der Waals surface area contributed by atoms with Gasteiger partial charge in [-0.05, 0) is 49.2 Å². The topological polar surface area (TPSA) is 98.1 Å². The normalized spacial score (nSPS) is 11.7. The second-order valence-corrected chi connectivity index (χ2v) is 9.31. The maximum atomic E-state index is 12.9. The molecule has 0 unspecified atom stereocenters. The summed E-state index contributed by atoms with van der Waals surface area (Å²) >= 11 is 1.28. The number of ether oxygens (including phenoxy) is 1. The number of nitrogens with zero attached hydrogens (tertiary/aromatic N) is 3. The Hall–Kier alpha value is -3.59. The van der Waals surface area contributed by atoms with Gasteiger partial charge in [-0.3, -0.25) is 9.59 Å². The maximum absolute atomic E-state index is 12.9. The lowest BCUT2D eigenvalue weighted by Crippen LogP contribution is -2.33. The number of benzene rings is 2. The van der Waals surface area contributed by atoms with Crippen LogP contribution in [-0.2, 0) is 11.3 Å². The molecule has 1 atom stereocenters. The standard InChI is InChI=1S/C26H31N5O3S/c1-6-15-31-24(23(17(2)3)28-25(33)19-9-7-18(4)8-10-19)29-30-26(31)35-16-22(32)27-20-11-13-21(34-5)14-12-20/h6-14,17,23H,1,15-16H2,2-5H3,(H,27,32)(H,28,33)/t23-/m1/s1.